The maximum Gasteiger partial charge on any atom is 0.407 e. The normalized spacial score (nSPS) is 25.4. The van der Waals surface area contributed by atoms with Crippen LogP contribution in [-0.2, 0) is 11.8 Å². The number of fused-ring (bicyclic) bond motifs is 3. The number of benzene rings is 1. The average molecular weight is 413 g/mol. The van der Waals surface area contributed by atoms with E-state index in [4.69, 9.17) is 14.6 Å². The number of piperidine rings is 3. The van der Waals surface area contributed by atoms with E-state index in [0.717, 1.165) is 36.5 Å². The second-order valence-electron chi connectivity index (χ2n) is 8.74. The van der Waals surface area contributed by atoms with Gasteiger partial charge in [-0.3, -0.25) is 9.58 Å². The summed E-state index contributed by atoms with van der Waals surface area (Å²) in [6, 6.07) is 10.7. The van der Waals surface area contributed by atoms with Gasteiger partial charge in [-0.1, -0.05) is 0 Å². The van der Waals surface area contributed by atoms with Gasteiger partial charge in [0, 0.05) is 42.9 Å². The molecule has 30 heavy (non-hydrogen) atoms. The maximum absolute atomic E-state index is 11.8. The van der Waals surface area contributed by atoms with Crippen molar-refractivity contribution in [2.75, 3.05) is 26.8 Å². The van der Waals surface area contributed by atoms with Crippen molar-refractivity contribution in [3.05, 3.63) is 36.0 Å². The van der Waals surface area contributed by atoms with Gasteiger partial charge in [0.05, 0.1) is 12.8 Å². The molecule has 4 atom stereocenters. The highest BCUT2D eigenvalue weighted by Gasteiger charge is 2.42. The Morgan fingerprint density at radius 2 is 2.07 bits per heavy atom. The van der Waals surface area contributed by atoms with Crippen molar-refractivity contribution in [2.45, 2.75) is 44.7 Å². The van der Waals surface area contributed by atoms with Crippen LogP contribution in [0.15, 0.2) is 30.3 Å². The lowest BCUT2D eigenvalue weighted by Crippen LogP contribution is -2.54. The predicted octanol–water partition coefficient (Wildman–Crippen LogP) is 3.41. The molecule has 7 heteroatoms. The molecule has 1 unspecified atom stereocenters. The quantitative estimate of drug-likeness (QED) is 0.788. The van der Waals surface area contributed by atoms with Crippen LogP contribution >= 0.6 is 0 Å². The largest absolute Gasteiger partial charge is 0.497 e. The number of hydrogen-bond donors (Lipinski definition) is 1. The average Bonchev–Trinajstić information content (AvgIpc) is 3.13. The van der Waals surface area contributed by atoms with E-state index in [1.54, 1.807) is 7.11 Å². The summed E-state index contributed by atoms with van der Waals surface area (Å²) < 4.78 is 12.8. The first-order valence-corrected chi connectivity index (χ1v) is 10.8. The molecule has 3 saturated heterocycles. The van der Waals surface area contributed by atoms with Crippen molar-refractivity contribution in [3.8, 4) is 17.0 Å². The summed E-state index contributed by atoms with van der Waals surface area (Å²) in [4.78, 5) is 14.3. The van der Waals surface area contributed by atoms with Crippen LogP contribution in [0.25, 0.3) is 11.3 Å². The monoisotopic (exact) mass is 412 g/mol. The number of aromatic nitrogens is 2. The summed E-state index contributed by atoms with van der Waals surface area (Å²) in [6.07, 6.45) is 1.92. The van der Waals surface area contributed by atoms with E-state index >= 15 is 0 Å². The molecule has 7 nitrogen and oxygen atoms in total. The number of hydrogen-bond acceptors (Lipinski definition) is 5. The zero-order valence-corrected chi connectivity index (χ0v) is 18.3. The minimum atomic E-state index is -0.319. The lowest BCUT2D eigenvalue weighted by molar-refractivity contribution is -0.00441. The Morgan fingerprint density at radius 3 is 2.70 bits per heavy atom. The molecule has 0 spiro atoms. The van der Waals surface area contributed by atoms with E-state index in [9.17, 15) is 4.79 Å². The molecule has 5 rings (SSSR count). The van der Waals surface area contributed by atoms with Crippen molar-refractivity contribution in [2.24, 2.45) is 13.0 Å². The van der Waals surface area contributed by atoms with Crippen LogP contribution in [0, 0.1) is 5.92 Å². The van der Waals surface area contributed by atoms with Gasteiger partial charge in [-0.25, -0.2) is 4.79 Å². The first-order chi connectivity index (χ1) is 14.4. The lowest BCUT2D eigenvalue weighted by atomic mass is 9.74. The Morgan fingerprint density at radius 1 is 1.30 bits per heavy atom. The van der Waals surface area contributed by atoms with E-state index in [1.807, 2.05) is 37.7 Å². The van der Waals surface area contributed by atoms with E-state index in [0.29, 0.717) is 24.5 Å². The number of methoxy groups -OCH3 is 1. The van der Waals surface area contributed by atoms with Crippen LogP contribution in [0.4, 0.5) is 4.79 Å². The Kier molecular flexibility index (Phi) is 5.99. The van der Waals surface area contributed by atoms with Crippen LogP contribution < -0.4 is 10.1 Å². The Bertz CT molecular complexity index is 877. The first-order valence-electron chi connectivity index (χ1n) is 10.8. The van der Waals surface area contributed by atoms with Gasteiger partial charge in [0.15, 0.2) is 0 Å². The summed E-state index contributed by atoms with van der Waals surface area (Å²) >= 11 is 0. The molecule has 3 aliphatic heterocycles. The Balaban J connectivity index is 1.43. The number of carbonyl (C=O) groups excluding carboxylic acids is 1. The zero-order chi connectivity index (χ0) is 21.3. The van der Waals surface area contributed by atoms with Gasteiger partial charge < -0.3 is 14.8 Å². The minimum Gasteiger partial charge on any atom is -0.497 e. The molecule has 1 aromatic heterocycles. The van der Waals surface area contributed by atoms with Crippen LogP contribution in [0.1, 0.15) is 38.3 Å². The number of rotatable bonds is 6. The molecule has 2 bridgehead atoms. The van der Waals surface area contributed by atoms with Crippen molar-refractivity contribution in [3.63, 3.8) is 0 Å². The van der Waals surface area contributed by atoms with Crippen molar-refractivity contribution < 1.29 is 14.3 Å². The summed E-state index contributed by atoms with van der Waals surface area (Å²) in [5, 5.41) is 7.58. The standard InChI is InChI=1S/C23H32N4O3/c1-15(2)24-23(28)30-14-18-11-17-9-10-27(18)13-20(17)22-12-21(25-26(22)3)16-5-7-19(29-4)8-6-16/h5-8,12,15,17-18,20H,9-11,13-14H2,1-4H3,(H,24,28)/t17-,18-,20+/m1/s1. The number of alkyl carbamates (subject to hydrolysis) is 1. The third kappa shape index (κ3) is 4.31. The molecule has 3 fully saturated rings. The fourth-order valence-corrected chi connectivity index (χ4v) is 4.83. The maximum atomic E-state index is 11.8. The number of amides is 1. The first kappa shape index (κ1) is 20.7. The number of carbonyl (C=O) groups is 1. The molecule has 4 heterocycles. The van der Waals surface area contributed by atoms with E-state index in [2.05, 4.69) is 28.4 Å². The van der Waals surface area contributed by atoms with Gasteiger partial charge in [-0.2, -0.15) is 5.10 Å². The van der Waals surface area contributed by atoms with Crippen LogP contribution in [0.2, 0.25) is 0 Å². The Labute approximate surface area is 178 Å². The third-order valence-corrected chi connectivity index (χ3v) is 6.37. The van der Waals surface area contributed by atoms with Gasteiger partial charge in [0.2, 0.25) is 0 Å². The lowest BCUT2D eigenvalue weighted by Gasteiger charge is -2.49. The van der Waals surface area contributed by atoms with Gasteiger partial charge in [0.25, 0.3) is 0 Å². The third-order valence-electron chi connectivity index (χ3n) is 6.37. The molecular weight excluding hydrogens is 380 g/mol. The molecule has 0 radical (unpaired) electrons. The molecule has 2 aromatic rings. The highest BCUT2D eigenvalue weighted by molar-refractivity contribution is 5.67. The van der Waals surface area contributed by atoms with Crippen LogP contribution in [0.5, 0.6) is 5.75 Å². The fraction of sp³-hybridized carbons (Fsp3) is 0.565. The summed E-state index contributed by atoms with van der Waals surface area (Å²) in [5.74, 6) is 1.91. The molecule has 1 amide bonds. The second-order valence-corrected chi connectivity index (χ2v) is 8.74. The fourth-order valence-electron chi connectivity index (χ4n) is 4.83. The van der Waals surface area contributed by atoms with Gasteiger partial charge >= 0.3 is 6.09 Å². The number of nitrogens with zero attached hydrogens (tertiary/aromatic N) is 3. The molecule has 1 aromatic carbocycles. The van der Waals surface area contributed by atoms with Crippen LogP contribution in [-0.4, -0.2) is 59.7 Å². The van der Waals surface area contributed by atoms with Crippen molar-refractivity contribution >= 4 is 6.09 Å². The summed E-state index contributed by atoms with van der Waals surface area (Å²) in [6.45, 7) is 6.40. The molecule has 162 valence electrons. The van der Waals surface area contributed by atoms with Crippen LogP contribution in [0.3, 0.4) is 0 Å². The topological polar surface area (TPSA) is 68.6 Å². The van der Waals surface area contributed by atoms with E-state index < -0.39 is 0 Å². The second kappa shape index (κ2) is 8.68. The summed E-state index contributed by atoms with van der Waals surface area (Å²) in [5.41, 5.74) is 3.38. The molecule has 0 saturated carbocycles. The van der Waals surface area contributed by atoms with Crippen molar-refractivity contribution in [1.29, 1.82) is 0 Å². The van der Waals surface area contributed by atoms with Gasteiger partial charge in [-0.05, 0) is 69.5 Å². The molecule has 1 N–H and O–H groups in total. The van der Waals surface area contributed by atoms with Crippen molar-refractivity contribution in [1.82, 2.24) is 20.0 Å². The minimum absolute atomic E-state index is 0.0923. The number of ether oxygens (including phenoxy) is 2. The molecule has 3 aliphatic rings. The number of nitrogens with one attached hydrogen (secondary N) is 1. The van der Waals surface area contributed by atoms with Gasteiger partial charge in [0.1, 0.15) is 12.4 Å². The van der Waals surface area contributed by atoms with Gasteiger partial charge in [-0.15, -0.1) is 0 Å². The van der Waals surface area contributed by atoms with E-state index in [-0.39, 0.29) is 12.1 Å². The SMILES string of the molecule is COc1ccc(-c2cc([C@H]3CN4CC[C@@H]3C[C@@H]4COC(=O)NC(C)C)n(C)n2)cc1. The summed E-state index contributed by atoms with van der Waals surface area (Å²) in [7, 11) is 3.72. The zero-order valence-electron chi connectivity index (χ0n) is 18.3. The highest BCUT2D eigenvalue weighted by atomic mass is 16.5. The van der Waals surface area contributed by atoms with E-state index in [1.165, 1.54) is 12.1 Å². The number of aryl methyl sites for hydroxylation is 1. The molecular formula is C23H32N4O3. The predicted molar refractivity (Wildman–Crippen MR) is 116 cm³/mol. The molecule has 0 aliphatic carbocycles. The smallest absolute Gasteiger partial charge is 0.407 e. The highest BCUT2D eigenvalue weighted by Crippen LogP contribution is 2.42. The Hall–Kier alpha value is -2.54.